The summed E-state index contributed by atoms with van der Waals surface area (Å²) in [5.74, 6) is -24.3. The maximum atomic E-state index is 14.9. The molecule has 0 saturated heterocycles. The third-order valence-electron chi connectivity index (χ3n) is 5.74. The monoisotopic (exact) mass is 516 g/mol. The fourth-order valence-corrected chi connectivity index (χ4v) is 5.87. The number of fused-ring (bicyclic) bond motifs is 1. The number of hydrogen-bond acceptors (Lipinski definition) is 0. The molecule has 12 heteroatoms. The van der Waals surface area contributed by atoms with E-state index in [9.17, 15) is 43.9 Å². The molecule has 0 saturated carbocycles. The fourth-order valence-electron chi connectivity index (χ4n) is 4.23. The molecule has 180 valence electrons. The fraction of sp³-hybridized carbons (Fsp3) is 0.130. The van der Waals surface area contributed by atoms with Crippen molar-refractivity contribution in [3.05, 3.63) is 99.1 Å². The SMILES string of the molecule is C[Si](C)=C1c2ccccc2C(=Bc2c(F)c(F)c(F)c(F)c2F)C1c1c(F)c(F)c(F)c(F)c1F. The normalized spacial score (nSPS) is 16.1. The maximum absolute atomic E-state index is 14.9. The third kappa shape index (κ3) is 3.69. The van der Waals surface area contributed by atoms with E-state index in [2.05, 4.69) is 0 Å². The molecule has 0 radical (unpaired) electrons. The van der Waals surface area contributed by atoms with E-state index in [1.807, 2.05) is 0 Å². The average molecular weight is 516 g/mol. The molecule has 35 heavy (non-hydrogen) atoms. The Morgan fingerprint density at radius 3 is 1.43 bits per heavy atom. The van der Waals surface area contributed by atoms with Crippen molar-refractivity contribution in [1.29, 1.82) is 0 Å². The van der Waals surface area contributed by atoms with Gasteiger partial charge in [-0.15, -0.1) is 0 Å². The van der Waals surface area contributed by atoms with Crippen LogP contribution in [0.4, 0.5) is 43.9 Å². The van der Waals surface area contributed by atoms with Gasteiger partial charge in [0.2, 0.25) is 0 Å². The van der Waals surface area contributed by atoms with Crippen LogP contribution in [0.2, 0.25) is 13.1 Å². The third-order valence-corrected chi connectivity index (χ3v) is 7.38. The van der Waals surface area contributed by atoms with Gasteiger partial charge in [0.05, 0.1) is 0 Å². The van der Waals surface area contributed by atoms with Crippen LogP contribution in [0.5, 0.6) is 0 Å². The minimum absolute atomic E-state index is 0.0894. The van der Waals surface area contributed by atoms with Crippen LogP contribution in [0, 0.1) is 58.2 Å². The Balaban J connectivity index is 2.17. The van der Waals surface area contributed by atoms with Crippen molar-refractivity contribution < 1.29 is 43.9 Å². The van der Waals surface area contributed by atoms with Gasteiger partial charge in [-0.1, -0.05) is 0 Å². The summed E-state index contributed by atoms with van der Waals surface area (Å²) < 4.78 is 142. The van der Waals surface area contributed by atoms with Crippen molar-refractivity contribution >= 4 is 31.4 Å². The van der Waals surface area contributed by atoms with Gasteiger partial charge in [-0.25, -0.2) is 0 Å². The van der Waals surface area contributed by atoms with Crippen LogP contribution < -0.4 is 5.46 Å². The van der Waals surface area contributed by atoms with E-state index < -0.39 is 83.5 Å². The van der Waals surface area contributed by atoms with E-state index >= 15 is 0 Å². The summed E-state index contributed by atoms with van der Waals surface area (Å²) in [4.78, 5) is 0. The van der Waals surface area contributed by atoms with Crippen molar-refractivity contribution in [2.45, 2.75) is 19.0 Å². The first-order chi connectivity index (χ1) is 16.4. The number of benzene rings is 3. The molecule has 0 spiro atoms. The van der Waals surface area contributed by atoms with Gasteiger partial charge in [-0.05, 0) is 0 Å². The van der Waals surface area contributed by atoms with Gasteiger partial charge < -0.3 is 0 Å². The zero-order valence-corrected chi connectivity index (χ0v) is 18.7. The molecule has 3 aromatic carbocycles. The predicted octanol–water partition coefficient (Wildman–Crippen LogP) is 5.28. The molecule has 0 N–H and O–H groups in total. The van der Waals surface area contributed by atoms with Crippen LogP contribution in [0.1, 0.15) is 22.6 Å². The molecule has 1 aliphatic rings. The van der Waals surface area contributed by atoms with Crippen LogP contribution >= 0.6 is 0 Å². The zero-order chi connectivity index (χ0) is 25.9. The van der Waals surface area contributed by atoms with Crippen LogP contribution in [0.25, 0.3) is 0 Å². The van der Waals surface area contributed by atoms with Crippen molar-refractivity contribution in [2.75, 3.05) is 0 Å². The molecule has 1 unspecified atom stereocenters. The first kappa shape index (κ1) is 25.1. The summed E-state index contributed by atoms with van der Waals surface area (Å²) in [6.45, 7) is 3.80. The second kappa shape index (κ2) is 8.89. The van der Waals surface area contributed by atoms with E-state index in [1.54, 1.807) is 13.1 Å². The van der Waals surface area contributed by atoms with Crippen LogP contribution in [0.3, 0.4) is 0 Å². The minimum atomic E-state index is -2.41. The van der Waals surface area contributed by atoms with E-state index in [0.29, 0.717) is 12.5 Å². The predicted molar refractivity (Wildman–Crippen MR) is 113 cm³/mol. The van der Waals surface area contributed by atoms with Gasteiger partial charge in [0.15, 0.2) is 0 Å². The summed E-state index contributed by atoms with van der Waals surface area (Å²) in [6.07, 6.45) is 0. The molecule has 0 bridgehead atoms. The molecule has 1 aliphatic carbocycles. The molecule has 0 heterocycles. The van der Waals surface area contributed by atoms with Gasteiger partial charge in [-0.2, -0.15) is 0 Å². The number of rotatable bonds is 2. The summed E-state index contributed by atoms with van der Waals surface area (Å²) in [7, 11) is -1.75. The number of halogens is 10. The summed E-state index contributed by atoms with van der Waals surface area (Å²) in [5, 5.41) is 0.226. The van der Waals surface area contributed by atoms with Crippen molar-refractivity contribution in [3.8, 4) is 0 Å². The molecule has 0 aliphatic heterocycles. The van der Waals surface area contributed by atoms with Crippen LogP contribution in [-0.2, 0) is 0 Å². The van der Waals surface area contributed by atoms with Gasteiger partial charge >= 0.3 is 193 Å². The molecular weight excluding hydrogens is 505 g/mol. The molecule has 1 atom stereocenters. The van der Waals surface area contributed by atoms with Crippen molar-refractivity contribution in [2.24, 2.45) is 0 Å². The first-order valence-corrected chi connectivity index (χ1v) is 12.4. The molecule has 4 rings (SSSR count). The molecule has 0 fully saturated rings. The molecule has 0 amide bonds. The van der Waals surface area contributed by atoms with E-state index in [0.717, 1.165) is 0 Å². The Hall–Kier alpha value is -3.02. The van der Waals surface area contributed by atoms with Gasteiger partial charge in [0, 0.05) is 0 Å². The van der Waals surface area contributed by atoms with E-state index in [4.69, 9.17) is 0 Å². The second-order valence-electron chi connectivity index (χ2n) is 7.96. The van der Waals surface area contributed by atoms with Gasteiger partial charge in [0.25, 0.3) is 0 Å². The van der Waals surface area contributed by atoms with Gasteiger partial charge in [0.1, 0.15) is 0 Å². The average Bonchev–Trinajstić information content (AvgIpc) is 3.15. The van der Waals surface area contributed by atoms with Gasteiger partial charge in [-0.3, -0.25) is 0 Å². The van der Waals surface area contributed by atoms with E-state index in [-0.39, 0.29) is 16.2 Å². The summed E-state index contributed by atoms with van der Waals surface area (Å²) in [6, 6.07) is 5.77. The Bertz CT molecular complexity index is 1420. The van der Waals surface area contributed by atoms with Crippen LogP contribution in [-0.4, -0.2) is 26.0 Å². The van der Waals surface area contributed by atoms with Crippen molar-refractivity contribution in [1.82, 2.24) is 0 Å². The van der Waals surface area contributed by atoms with E-state index in [1.165, 1.54) is 24.3 Å². The molecule has 0 nitrogen and oxygen atoms in total. The van der Waals surface area contributed by atoms with Crippen molar-refractivity contribution in [3.63, 3.8) is 0 Å². The summed E-state index contributed by atoms with van der Waals surface area (Å²) >= 11 is 0. The topological polar surface area (TPSA) is 0 Å². The quantitative estimate of drug-likeness (QED) is 0.188. The number of hydrogen-bond donors (Lipinski definition) is 0. The zero-order valence-electron chi connectivity index (χ0n) is 17.7. The Morgan fingerprint density at radius 1 is 0.571 bits per heavy atom. The summed E-state index contributed by atoms with van der Waals surface area (Å²) in [5.41, 5.74) is -2.69. The second-order valence-corrected chi connectivity index (χ2v) is 10.5. The Kier molecular flexibility index (Phi) is 6.37. The Labute approximate surface area is 194 Å². The Morgan fingerprint density at radius 2 is 0.971 bits per heavy atom. The standard InChI is InChI=1S/C23H11BF10Si/c1-35(2)23-8-6-4-3-5-7(8)11(24-12-15(27)19(31)22(34)20(32)16(12)28)9(23)10-13(25)17(29)21(33)18(30)14(10)26/h3-6,9H,1-2H3. The molecular formula is C23H11BF10Si. The van der Waals surface area contributed by atoms with Crippen LogP contribution in [0.15, 0.2) is 24.3 Å². The first-order valence-electron chi connectivity index (χ1n) is 9.91. The molecule has 3 aromatic rings. The molecule has 0 aromatic heterocycles.